The van der Waals surface area contributed by atoms with Gasteiger partial charge in [0.2, 0.25) is 0 Å². The Kier molecular flexibility index (Phi) is 4.44. The Hall–Kier alpha value is -2.43. The third-order valence-electron chi connectivity index (χ3n) is 2.46. The van der Waals surface area contributed by atoms with Gasteiger partial charge in [-0.05, 0) is 30.7 Å². The first-order valence-electron chi connectivity index (χ1n) is 6.22. The molecule has 0 aromatic carbocycles. The first kappa shape index (κ1) is 13.0. The van der Waals surface area contributed by atoms with Crippen molar-refractivity contribution in [1.82, 2.24) is 9.97 Å². The summed E-state index contributed by atoms with van der Waals surface area (Å²) in [4.78, 5) is 20.2. The van der Waals surface area contributed by atoms with Gasteiger partial charge in [0, 0.05) is 12.7 Å². The van der Waals surface area contributed by atoms with Crippen LogP contribution in [0.15, 0.2) is 42.7 Å². The molecule has 2 heterocycles. The van der Waals surface area contributed by atoms with E-state index in [9.17, 15) is 4.79 Å². The summed E-state index contributed by atoms with van der Waals surface area (Å²) >= 11 is 0. The van der Waals surface area contributed by atoms with E-state index in [0.717, 1.165) is 13.0 Å². The van der Waals surface area contributed by atoms with Gasteiger partial charge in [0.15, 0.2) is 0 Å². The van der Waals surface area contributed by atoms with E-state index >= 15 is 0 Å². The van der Waals surface area contributed by atoms with Gasteiger partial charge < -0.3 is 10.6 Å². The summed E-state index contributed by atoms with van der Waals surface area (Å²) in [6.07, 6.45) is 4.26. The molecule has 0 fully saturated rings. The number of pyridine rings is 2. The summed E-state index contributed by atoms with van der Waals surface area (Å²) < 4.78 is 0. The maximum absolute atomic E-state index is 12.0. The van der Waals surface area contributed by atoms with Gasteiger partial charge in [-0.25, -0.2) is 4.98 Å². The van der Waals surface area contributed by atoms with Gasteiger partial charge >= 0.3 is 0 Å². The lowest BCUT2D eigenvalue weighted by atomic mass is 10.3. The zero-order chi connectivity index (χ0) is 13.5. The lowest BCUT2D eigenvalue weighted by Crippen LogP contribution is -2.14. The average Bonchev–Trinajstić information content (AvgIpc) is 2.46. The van der Waals surface area contributed by atoms with Crippen LogP contribution in [0.5, 0.6) is 0 Å². The predicted molar refractivity (Wildman–Crippen MR) is 75.2 cm³/mol. The van der Waals surface area contributed by atoms with Crippen molar-refractivity contribution in [2.24, 2.45) is 0 Å². The van der Waals surface area contributed by atoms with E-state index < -0.39 is 0 Å². The van der Waals surface area contributed by atoms with Crippen LogP contribution < -0.4 is 10.6 Å². The van der Waals surface area contributed by atoms with Gasteiger partial charge in [0.1, 0.15) is 11.5 Å². The number of hydrogen-bond donors (Lipinski definition) is 2. The van der Waals surface area contributed by atoms with Crippen molar-refractivity contribution in [3.63, 3.8) is 0 Å². The quantitative estimate of drug-likeness (QED) is 0.862. The molecule has 2 rings (SSSR count). The van der Waals surface area contributed by atoms with Gasteiger partial charge in [-0.15, -0.1) is 0 Å². The first-order chi connectivity index (χ1) is 9.29. The molecule has 0 aliphatic rings. The van der Waals surface area contributed by atoms with E-state index in [-0.39, 0.29) is 5.91 Å². The summed E-state index contributed by atoms with van der Waals surface area (Å²) in [5.41, 5.74) is 1.03. The monoisotopic (exact) mass is 256 g/mol. The van der Waals surface area contributed by atoms with Gasteiger partial charge in [-0.3, -0.25) is 9.78 Å². The minimum Gasteiger partial charge on any atom is -0.370 e. The van der Waals surface area contributed by atoms with Crippen LogP contribution in [0.2, 0.25) is 0 Å². The van der Waals surface area contributed by atoms with Crippen molar-refractivity contribution in [3.8, 4) is 0 Å². The largest absolute Gasteiger partial charge is 0.370 e. The molecular weight excluding hydrogens is 240 g/mol. The highest BCUT2D eigenvalue weighted by Gasteiger charge is 2.08. The molecule has 0 saturated carbocycles. The molecule has 0 aliphatic heterocycles. The van der Waals surface area contributed by atoms with Crippen LogP contribution in [0.4, 0.5) is 11.5 Å². The molecule has 2 aromatic heterocycles. The van der Waals surface area contributed by atoms with Crippen LogP contribution in [0.25, 0.3) is 0 Å². The summed E-state index contributed by atoms with van der Waals surface area (Å²) in [6, 6.07) is 8.88. The van der Waals surface area contributed by atoms with E-state index in [1.165, 1.54) is 0 Å². The smallest absolute Gasteiger partial charge is 0.274 e. The third kappa shape index (κ3) is 3.77. The number of nitrogens with zero attached hydrogens (tertiary/aromatic N) is 2. The second-order valence-corrected chi connectivity index (χ2v) is 4.03. The van der Waals surface area contributed by atoms with E-state index in [1.54, 1.807) is 30.6 Å². The minimum atomic E-state index is -0.242. The number of carbonyl (C=O) groups excluding carboxylic acids is 1. The van der Waals surface area contributed by atoms with E-state index in [1.807, 2.05) is 12.1 Å². The number of anilines is 2. The van der Waals surface area contributed by atoms with Crippen molar-refractivity contribution in [3.05, 3.63) is 48.4 Å². The van der Waals surface area contributed by atoms with Crippen LogP contribution >= 0.6 is 0 Å². The van der Waals surface area contributed by atoms with Crippen molar-refractivity contribution >= 4 is 17.4 Å². The molecule has 5 heteroatoms. The number of hydrogen-bond acceptors (Lipinski definition) is 4. The molecule has 0 bridgehead atoms. The Balaban J connectivity index is 2.06. The Morgan fingerprint density at radius 2 is 2.16 bits per heavy atom. The highest BCUT2D eigenvalue weighted by atomic mass is 16.1. The molecule has 0 atom stereocenters. The number of aromatic nitrogens is 2. The SMILES string of the molecule is CCCNc1cccc(C(=O)Nc2cccnc2)n1. The highest BCUT2D eigenvalue weighted by molar-refractivity contribution is 6.02. The number of nitrogens with one attached hydrogen (secondary N) is 2. The number of carbonyl (C=O) groups is 1. The molecular formula is C14H16N4O. The molecule has 98 valence electrons. The van der Waals surface area contributed by atoms with E-state index in [4.69, 9.17) is 0 Å². The fourth-order valence-electron chi connectivity index (χ4n) is 1.54. The molecule has 2 N–H and O–H groups in total. The van der Waals surface area contributed by atoms with Gasteiger partial charge in [0.05, 0.1) is 11.9 Å². The van der Waals surface area contributed by atoms with Gasteiger partial charge in [0.25, 0.3) is 5.91 Å². The highest BCUT2D eigenvalue weighted by Crippen LogP contribution is 2.08. The standard InChI is InChI=1S/C14H16N4O/c1-2-8-16-13-7-3-6-12(18-13)14(19)17-11-5-4-9-15-10-11/h3-7,9-10H,2,8H2,1H3,(H,16,18)(H,17,19). The Morgan fingerprint density at radius 1 is 1.26 bits per heavy atom. The maximum Gasteiger partial charge on any atom is 0.274 e. The molecule has 0 spiro atoms. The molecule has 0 unspecified atom stereocenters. The van der Waals surface area contributed by atoms with Crippen LogP contribution in [0.1, 0.15) is 23.8 Å². The van der Waals surface area contributed by atoms with Gasteiger partial charge in [-0.2, -0.15) is 0 Å². The van der Waals surface area contributed by atoms with Gasteiger partial charge in [-0.1, -0.05) is 13.0 Å². The van der Waals surface area contributed by atoms with Crippen molar-refractivity contribution < 1.29 is 4.79 Å². The molecule has 0 saturated heterocycles. The molecule has 0 aliphatic carbocycles. The lowest BCUT2D eigenvalue weighted by molar-refractivity contribution is 0.102. The Morgan fingerprint density at radius 3 is 2.89 bits per heavy atom. The summed E-state index contributed by atoms with van der Waals surface area (Å²) in [6.45, 7) is 2.91. The molecule has 19 heavy (non-hydrogen) atoms. The average molecular weight is 256 g/mol. The summed E-state index contributed by atoms with van der Waals surface area (Å²) in [5.74, 6) is 0.467. The van der Waals surface area contributed by atoms with Crippen LogP contribution in [-0.4, -0.2) is 22.4 Å². The fraction of sp³-hybridized carbons (Fsp3) is 0.214. The van der Waals surface area contributed by atoms with Crippen LogP contribution in [0, 0.1) is 0 Å². The van der Waals surface area contributed by atoms with Crippen molar-refractivity contribution in [1.29, 1.82) is 0 Å². The lowest BCUT2D eigenvalue weighted by Gasteiger charge is -2.07. The second kappa shape index (κ2) is 6.49. The number of amides is 1. The Labute approximate surface area is 112 Å². The molecule has 0 radical (unpaired) electrons. The summed E-state index contributed by atoms with van der Waals surface area (Å²) in [7, 11) is 0. The Bertz CT molecular complexity index is 542. The minimum absolute atomic E-state index is 0.242. The molecule has 1 amide bonds. The van der Waals surface area contributed by atoms with Crippen molar-refractivity contribution in [2.45, 2.75) is 13.3 Å². The zero-order valence-electron chi connectivity index (χ0n) is 10.8. The predicted octanol–water partition coefficient (Wildman–Crippen LogP) is 2.55. The fourth-order valence-corrected chi connectivity index (χ4v) is 1.54. The maximum atomic E-state index is 12.0. The van der Waals surface area contributed by atoms with Crippen LogP contribution in [-0.2, 0) is 0 Å². The van der Waals surface area contributed by atoms with Crippen LogP contribution in [0.3, 0.4) is 0 Å². The summed E-state index contributed by atoms with van der Waals surface area (Å²) in [5, 5.41) is 5.90. The van der Waals surface area contributed by atoms with E-state index in [2.05, 4.69) is 27.5 Å². The zero-order valence-corrected chi connectivity index (χ0v) is 10.8. The van der Waals surface area contributed by atoms with Crippen molar-refractivity contribution in [2.75, 3.05) is 17.2 Å². The second-order valence-electron chi connectivity index (χ2n) is 4.03. The normalized spacial score (nSPS) is 9.95. The number of rotatable bonds is 5. The molecule has 2 aromatic rings. The first-order valence-corrected chi connectivity index (χ1v) is 6.22. The van der Waals surface area contributed by atoms with E-state index in [0.29, 0.717) is 17.2 Å². The topological polar surface area (TPSA) is 66.9 Å². The molecule has 5 nitrogen and oxygen atoms in total. The third-order valence-corrected chi connectivity index (χ3v) is 2.46.